The Morgan fingerprint density at radius 3 is 2.55 bits per heavy atom. The van der Waals surface area contributed by atoms with Crippen LogP contribution in [-0.2, 0) is 0 Å². The van der Waals surface area contributed by atoms with E-state index in [1.165, 1.54) is 12.8 Å². The molecule has 2 nitrogen and oxygen atoms in total. The third kappa shape index (κ3) is 3.07. The molecule has 0 radical (unpaired) electrons. The molecule has 3 N–H and O–H groups in total. The largest absolute Gasteiger partial charge is 0.271 e. The lowest BCUT2D eigenvalue weighted by Crippen LogP contribution is -2.41. The number of nitrogens with two attached hydrogens (primary N) is 1. The van der Waals surface area contributed by atoms with E-state index in [2.05, 4.69) is 35.2 Å². The van der Waals surface area contributed by atoms with E-state index < -0.39 is 0 Å². The fourth-order valence-electron chi connectivity index (χ4n) is 3.84. The Hall–Kier alpha value is -0.450. The highest BCUT2D eigenvalue weighted by atomic mass is 79.9. The minimum absolute atomic E-state index is 0.0740. The number of rotatable bonds is 5. The van der Waals surface area contributed by atoms with Crippen LogP contribution in [0.15, 0.2) is 22.7 Å². The Labute approximate surface area is 129 Å². The Balaban J connectivity index is 2.40. The van der Waals surface area contributed by atoms with Gasteiger partial charge in [-0.15, -0.1) is 0 Å². The zero-order valence-corrected chi connectivity index (χ0v) is 13.8. The Morgan fingerprint density at radius 2 is 2.00 bits per heavy atom. The van der Waals surface area contributed by atoms with Crippen molar-refractivity contribution in [2.45, 2.75) is 52.0 Å². The van der Waals surface area contributed by atoms with E-state index >= 15 is 0 Å². The number of hydrazine groups is 1. The summed E-state index contributed by atoms with van der Waals surface area (Å²) in [7, 11) is 0. The van der Waals surface area contributed by atoms with Crippen molar-refractivity contribution >= 4 is 15.9 Å². The van der Waals surface area contributed by atoms with E-state index in [1.54, 1.807) is 6.07 Å². The normalized spacial score (nSPS) is 19.5. The molecule has 1 aliphatic rings. The third-order valence-electron chi connectivity index (χ3n) is 4.49. The highest BCUT2D eigenvalue weighted by Crippen LogP contribution is 2.52. The summed E-state index contributed by atoms with van der Waals surface area (Å²) in [5.74, 6) is 6.23. The van der Waals surface area contributed by atoms with Crippen LogP contribution in [0.1, 0.15) is 57.6 Å². The Morgan fingerprint density at radius 1 is 1.35 bits per heavy atom. The summed E-state index contributed by atoms with van der Waals surface area (Å²) in [5, 5.41) is 0. The SMILES string of the molecule is CC(C)CC1(C(NN)c2cccc(Br)c2F)CCCC1. The molecule has 0 spiro atoms. The van der Waals surface area contributed by atoms with Gasteiger partial charge in [0.25, 0.3) is 0 Å². The van der Waals surface area contributed by atoms with Gasteiger partial charge < -0.3 is 0 Å². The smallest absolute Gasteiger partial charge is 0.142 e. The minimum atomic E-state index is -0.189. The number of benzene rings is 1. The first kappa shape index (κ1) is 15.9. The molecule has 1 aromatic carbocycles. The molecule has 0 heterocycles. The maximum atomic E-state index is 14.5. The highest BCUT2D eigenvalue weighted by molar-refractivity contribution is 9.10. The second kappa shape index (κ2) is 6.54. The molecule has 1 fully saturated rings. The lowest BCUT2D eigenvalue weighted by molar-refractivity contribution is 0.153. The molecule has 112 valence electrons. The zero-order chi connectivity index (χ0) is 14.8. The van der Waals surface area contributed by atoms with E-state index in [1.807, 2.05) is 12.1 Å². The van der Waals surface area contributed by atoms with E-state index in [0.717, 1.165) is 19.3 Å². The van der Waals surface area contributed by atoms with Gasteiger partial charge in [-0.3, -0.25) is 11.3 Å². The third-order valence-corrected chi connectivity index (χ3v) is 5.10. The molecule has 0 aliphatic heterocycles. The first-order valence-electron chi connectivity index (χ1n) is 7.40. The Kier molecular flexibility index (Phi) is 5.21. The molecule has 1 aromatic rings. The van der Waals surface area contributed by atoms with Crippen molar-refractivity contribution in [2.75, 3.05) is 0 Å². The van der Waals surface area contributed by atoms with Crippen LogP contribution in [0.4, 0.5) is 4.39 Å². The quantitative estimate of drug-likeness (QED) is 0.601. The number of hydrogen-bond donors (Lipinski definition) is 2. The van der Waals surface area contributed by atoms with Crippen LogP contribution in [0.2, 0.25) is 0 Å². The van der Waals surface area contributed by atoms with Crippen LogP contribution in [0, 0.1) is 17.2 Å². The monoisotopic (exact) mass is 342 g/mol. The molecule has 1 saturated carbocycles. The van der Waals surface area contributed by atoms with Crippen molar-refractivity contribution in [3.8, 4) is 0 Å². The summed E-state index contributed by atoms with van der Waals surface area (Å²) in [5.41, 5.74) is 3.67. The molecule has 0 amide bonds. The van der Waals surface area contributed by atoms with E-state index in [0.29, 0.717) is 16.0 Å². The summed E-state index contributed by atoms with van der Waals surface area (Å²) < 4.78 is 15.0. The maximum absolute atomic E-state index is 14.5. The van der Waals surface area contributed by atoms with Gasteiger partial charge in [0, 0.05) is 5.56 Å². The number of halogens is 2. The minimum Gasteiger partial charge on any atom is -0.271 e. The van der Waals surface area contributed by atoms with Gasteiger partial charge in [0.15, 0.2) is 0 Å². The van der Waals surface area contributed by atoms with Crippen LogP contribution in [0.5, 0.6) is 0 Å². The zero-order valence-electron chi connectivity index (χ0n) is 12.3. The van der Waals surface area contributed by atoms with Crippen molar-refractivity contribution in [1.82, 2.24) is 5.43 Å². The van der Waals surface area contributed by atoms with Crippen LogP contribution in [0.3, 0.4) is 0 Å². The van der Waals surface area contributed by atoms with E-state index in [9.17, 15) is 4.39 Å². The average molecular weight is 343 g/mol. The lowest BCUT2D eigenvalue weighted by Gasteiger charge is -2.39. The molecule has 20 heavy (non-hydrogen) atoms. The standard InChI is InChI=1S/C16H24BrFN2/c1-11(2)10-16(8-3-4-9-16)15(20-19)12-6-5-7-13(17)14(12)18/h5-7,11,15,20H,3-4,8-10,19H2,1-2H3. The molecule has 0 bridgehead atoms. The lowest BCUT2D eigenvalue weighted by atomic mass is 9.70. The topological polar surface area (TPSA) is 38.0 Å². The first-order valence-corrected chi connectivity index (χ1v) is 8.19. The maximum Gasteiger partial charge on any atom is 0.142 e. The second-order valence-corrected chi connectivity index (χ2v) is 7.26. The first-order chi connectivity index (χ1) is 9.50. The molecule has 4 heteroatoms. The molecule has 1 atom stereocenters. The van der Waals surface area contributed by atoms with Crippen molar-refractivity contribution < 1.29 is 4.39 Å². The molecule has 1 unspecified atom stereocenters. The van der Waals surface area contributed by atoms with Gasteiger partial charge in [-0.1, -0.05) is 38.8 Å². The summed E-state index contributed by atoms with van der Waals surface area (Å²) in [6.45, 7) is 4.45. The van der Waals surface area contributed by atoms with Crippen LogP contribution in [-0.4, -0.2) is 0 Å². The summed E-state index contributed by atoms with van der Waals surface area (Å²) in [4.78, 5) is 0. The van der Waals surface area contributed by atoms with Gasteiger partial charge in [-0.2, -0.15) is 0 Å². The van der Waals surface area contributed by atoms with Crippen molar-refractivity contribution in [3.05, 3.63) is 34.1 Å². The molecular formula is C16H24BrFN2. The average Bonchev–Trinajstić information content (AvgIpc) is 2.83. The second-order valence-electron chi connectivity index (χ2n) is 6.41. The van der Waals surface area contributed by atoms with Crippen molar-refractivity contribution in [1.29, 1.82) is 0 Å². The van der Waals surface area contributed by atoms with E-state index in [-0.39, 0.29) is 17.3 Å². The van der Waals surface area contributed by atoms with Gasteiger partial charge in [0.2, 0.25) is 0 Å². The summed E-state index contributed by atoms with van der Waals surface area (Å²) in [6.07, 6.45) is 5.73. The number of nitrogens with one attached hydrogen (secondary N) is 1. The highest BCUT2D eigenvalue weighted by Gasteiger charge is 2.43. The molecule has 2 rings (SSSR count). The predicted molar refractivity (Wildman–Crippen MR) is 84.5 cm³/mol. The molecule has 0 saturated heterocycles. The van der Waals surface area contributed by atoms with Gasteiger partial charge in [0.1, 0.15) is 5.82 Å². The van der Waals surface area contributed by atoms with Crippen molar-refractivity contribution in [3.63, 3.8) is 0 Å². The molecule has 1 aliphatic carbocycles. The van der Waals surface area contributed by atoms with Crippen molar-refractivity contribution in [2.24, 2.45) is 17.2 Å². The van der Waals surface area contributed by atoms with Gasteiger partial charge in [-0.05, 0) is 52.6 Å². The van der Waals surface area contributed by atoms with Gasteiger partial charge in [-0.25, -0.2) is 4.39 Å². The molecule has 0 aromatic heterocycles. The predicted octanol–water partition coefficient (Wildman–Crippen LogP) is 4.70. The van der Waals surface area contributed by atoms with Crippen LogP contribution >= 0.6 is 15.9 Å². The number of hydrogen-bond acceptors (Lipinski definition) is 2. The van der Waals surface area contributed by atoms with Gasteiger partial charge in [0.05, 0.1) is 10.5 Å². The van der Waals surface area contributed by atoms with E-state index in [4.69, 9.17) is 5.84 Å². The molecular weight excluding hydrogens is 319 g/mol. The Bertz CT molecular complexity index is 456. The fourth-order valence-corrected chi connectivity index (χ4v) is 4.22. The van der Waals surface area contributed by atoms with Gasteiger partial charge >= 0.3 is 0 Å². The fraction of sp³-hybridized carbons (Fsp3) is 0.625. The summed E-state index contributed by atoms with van der Waals surface area (Å²) in [6, 6.07) is 5.34. The van der Waals surface area contributed by atoms with Crippen LogP contribution in [0.25, 0.3) is 0 Å². The summed E-state index contributed by atoms with van der Waals surface area (Å²) >= 11 is 3.28. The van der Waals surface area contributed by atoms with Crippen LogP contribution < -0.4 is 11.3 Å².